The summed E-state index contributed by atoms with van der Waals surface area (Å²) in [5.74, 6) is -0.0747. The van der Waals surface area contributed by atoms with Crippen molar-refractivity contribution in [3.8, 4) is 0 Å². The molecule has 3 unspecified atom stereocenters. The van der Waals surface area contributed by atoms with Crippen molar-refractivity contribution in [1.82, 2.24) is 15.5 Å². The van der Waals surface area contributed by atoms with Gasteiger partial charge in [0.25, 0.3) is 5.91 Å². The first-order valence-corrected chi connectivity index (χ1v) is 9.58. The van der Waals surface area contributed by atoms with Crippen LogP contribution in [0.1, 0.15) is 41.4 Å². The van der Waals surface area contributed by atoms with Crippen LogP contribution in [0.5, 0.6) is 0 Å². The molecule has 2 aliphatic heterocycles. The van der Waals surface area contributed by atoms with Gasteiger partial charge in [-0.15, -0.1) is 12.4 Å². The van der Waals surface area contributed by atoms with E-state index in [9.17, 15) is 9.59 Å². The van der Waals surface area contributed by atoms with Crippen LogP contribution >= 0.6 is 12.4 Å². The molecule has 1 saturated heterocycles. The molecule has 2 N–H and O–H groups in total. The minimum atomic E-state index is -0.536. The molecule has 3 atom stereocenters. The number of nitrogens with one attached hydrogen (secondary N) is 2. The van der Waals surface area contributed by atoms with Gasteiger partial charge >= 0.3 is 0 Å². The largest absolute Gasteiger partial charge is 0.459 e. The van der Waals surface area contributed by atoms with Gasteiger partial charge < -0.3 is 20.0 Å². The maximum absolute atomic E-state index is 13.1. The molecule has 0 aliphatic carbocycles. The summed E-state index contributed by atoms with van der Waals surface area (Å²) in [6.07, 6.45) is 3.99. The van der Waals surface area contributed by atoms with Crippen LogP contribution in [0.4, 0.5) is 0 Å². The molecule has 7 heteroatoms. The summed E-state index contributed by atoms with van der Waals surface area (Å²) in [4.78, 5) is 27.8. The third-order valence-corrected chi connectivity index (χ3v) is 5.63. The van der Waals surface area contributed by atoms with Crippen LogP contribution in [0.15, 0.2) is 47.1 Å². The number of piperidine rings is 1. The molecule has 28 heavy (non-hydrogen) atoms. The minimum Gasteiger partial charge on any atom is -0.459 e. The quantitative estimate of drug-likeness (QED) is 0.825. The molecular formula is C21H26ClN3O3. The first-order valence-electron chi connectivity index (χ1n) is 9.58. The number of benzene rings is 1. The van der Waals surface area contributed by atoms with E-state index in [0.717, 1.165) is 30.5 Å². The zero-order valence-corrected chi connectivity index (χ0v) is 16.7. The molecule has 0 saturated carbocycles. The molecular weight excluding hydrogens is 378 g/mol. The second-order valence-corrected chi connectivity index (χ2v) is 7.40. The predicted octanol–water partition coefficient (Wildman–Crippen LogP) is 2.53. The number of hydrogen-bond donors (Lipinski definition) is 2. The number of halogens is 1. The van der Waals surface area contributed by atoms with Gasteiger partial charge in [-0.05, 0) is 49.6 Å². The Morgan fingerprint density at radius 1 is 1.18 bits per heavy atom. The highest BCUT2D eigenvalue weighted by Gasteiger charge is 2.37. The topological polar surface area (TPSA) is 74.6 Å². The molecule has 4 rings (SSSR count). The lowest BCUT2D eigenvalue weighted by Gasteiger charge is -2.38. The van der Waals surface area contributed by atoms with Crippen molar-refractivity contribution >= 4 is 24.2 Å². The van der Waals surface area contributed by atoms with E-state index in [-0.39, 0.29) is 42.1 Å². The Kier molecular flexibility index (Phi) is 6.42. The minimum absolute atomic E-state index is 0. The molecule has 6 nitrogen and oxygen atoms in total. The van der Waals surface area contributed by atoms with Crippen LogP contribution in [0, 0.1) is 0 Å². The van der Waals surface area contributed by atoms with Gasteiger partial charge in [0, 0.05) is 25.0 Å². The van der Waals surface area contributed by atoms with E-state index in [1.165, 1.54) is 6.26 Å². The van der Waals surface area contributed by atoms with Crippen molar-refractivity contribution in [2.45, 2.75) is 50.9 Å². The molecule has 2 aliphatic rings. The summed E-state index contributed by atoms with van der Waals surface area (Å²) in [6.45, 7) is 3.48. The van der Waals surface area contributed by atoms with Gasteiger partial charge in [-0.1, -0.05) is 24.3 Å². The second-order valence-electron chi connectivity index (χ2n) is 7.40. The first-order chi connectivity index (χ1) is 13.1. The second kappa shape index (κ2) is 8.80. The monoisotopic (exact) mass is 403 g/mol. The zero-order chi connectivity index (χ0) is 18.8. The summed E-state index contributed by atoms with van der Waals surface area (Å²) in [5, 5.41) is 6.58. The van der Waals surface area contributed by atoms with Crippen LogP contribution in [0.3, 0.4) is 0 Å². The van der Waals surface area contributed by atoms with E-state index < -0.39 is 6.04 Å². The van der Waals surface area contributed by atoms with Gasteiger partial charge in [-0.3, -0.25) is 9.59 Å². The summed E-state index contributed by atoms with van der Waals surface area (Å²) < 4.78 is 5.30. The predicted molar refractivity (Wildman–Crippen MR) is 108 cm³/mol. The molecule has 1 aromatic heterocycles. The Bertz CT molecular complexity index is 824. The van der Waals surface area contributed by atoms with Crippen molar-refractivity contribution in [1.29, 1.82) is 0 Å². The first kappa shape index (κ1) is 20.4. The summed E-state index contributed by atoms with van der Waals surface area (Å²) in [7, 11) is 0. The highest BCUT2D eigenvalue weighted by atomic mass is 35.5. The summed E-state index contributed by atoms with van der Waals surface area (Å²) in [5.41, 5.74) is 2.20. The number of carbonyl (C=O) groups excluding carboxylic acids is 2. The highest BCUT2D eigenvalue weighted by Crippen LogP contribution is 2.25. The number of rotatable bonds is 3. The van der Waals surface area contributed by atoms with Gasteiger partial charge in [-0.2, -0.15) is 0 Å². The average molecular weight is 404 g/mol. The number of carbonyl (C=O) groups is 2. The zero-order valence-electron chi connectivity index (χ0n) is 15.9. The van der Waals surface area contributed by atoms with Crippen LogP contribution in [0.2, 0.25) is 0 Å². The van der Waals surface area contributed by atoms with Crippen LogP contribution < -0.4 is 10.6 Å². The molecule has 150 valence electrons. The van der Waals surface area contributed by atoms with Crippen LogP contribution in [-0.4, -0.2) is 41.4 Å². The van der Waals surface area contributed by atoms with E-state index in [2.05, 4.69) is 17.6 Å². The van der Waals surface area contributed by atoms with E-state index in [1.807, 2.05) is 24.3 Å². The smallest absolute Gasteiger partial charge is 0.290 e. The number of fused-ring (bicyclic) bond motifs is 1. The van der Waals surface area contributed by atoms with Gasteiger partial charge in [0.15, 0.2) is 5.76 Å². The molecule has 0 spiro atoms. The molecule has 1 aromatic carbocycles. The van der Waals surface area contributed by atoms with E-state index in [4.69, 9.17) is 4.42 Å². The fraction of sp³-hybridized carbons (Fsp3) is 0.429. The van der Waals surface area contributed by atoms with Crippen molar-refractivity contribution in [3.05, 3.63) is 59.5 Å². The van der Waals surface area contributed by atoms with Gasteiger partial charge in [0.2, 0.25) is 5.91 Å². The van der Waals surface area contributed by atoms with Crippen molar-refractivity contribution in [2.24, 2.45) is 0 Å². The standard InChI is InChI=1S/C21H25N3O3.ClH/c1-14-17(8-4-10-22-14)23-20(25)18-12-15-6-2-3-7-16(15)13-24(18)21(26)19-9-5-11-27-19;/h2-3,5-7,9,11,14,17-18,22H,4,8,10,12-13H2,1H3,(H,23,25);1H. The van der Waals surface area contributed by atoms with Gasteiger partial charge in [0.05, 0.1) is 6.26 Å². The third-order valence-electron chi connectivity index (χ3n) is 5.63. The average Bonchev–Trinajstić information content (AvgIpc) is 3.23. The summed E-state index contributed by atoms with van der Waals surface area (Å²) in [6, 6.07) is 11.1. The number of amides is 2. The van der Waals surface area contributed by atoms with Crippen molar-refractivity contribution in [3.63, 3.8) is 0 Å². The molecule has 1 fully saturated rings. The fourth-order valence-corrected chi connectivity index (χ4v) is 4.03. The lowest BCUT2D eigenvalue weighted by atomic mass is 9.92. The van der Waals surface area contributed by atoms with E-state index in [1.54, 1.807) is 17.0 Å². The lowest BCUT2D eigenvalue weighted by Crippen LogP contribution is -2.58. The maximum atomic E-state index is 13.1. The van der Waals surface area contributed by atoms with Crippen molar-refractivity contribution < 1.29 is 14.0 Å². The molecule has 0 bridgehead atoms. The Morgan fingerprint density at radius 2 is 1.96 bits per heavy atom. The van der Waals surface area contributed by atoms with E-state index in [0.29, 0.717) is 13.0 Å². The van der Waals surface area contributed by atoms with Gasteiger partial charge in [-0.25, -0.2) is 0 Å². The molecule has 2 aromatic rings. The highest BCUT2D eigenvalue weighted by molar-refractivity contribution is 5.96. The van der Waals surface area contributed by atoms with Crippen LogP contribution in [0.25, 0.3) is 0 Å². The van der Waals surface area contributed by atoms with Crippen molar-refractivity contribution in [2.75, 3.05) is 6.54 Å². The number of hydrogen-bond acceptors (Lipinski definition) is 4. The lowest BCUT2D eigenvalue weighted by molar-refractivity contribution is -0.127. The normalized spacial score (nSPS) is 24.0. The Hall–Kier alpha value is -2.31. The van der Waals surface area contributed by atoms with Gasteiger partial charge in [0.1, 0.15) is 6.04 Å². The Labute approximate surface area is 171 Å². The molecule has 2 amide bonds. The number of furan rings is 1. The fourth-order valence-electron chi connectivity index (χ4n) is 4.03. The third kappa shape index (κ3) is 4.08. The SMILES string of the molecule is CC1NCCCC1NC(=O)C1Cc2ccccc2CN1C(=O)c1ccco1.Cl. The Balaban J connectivity index is 0.00000225. The molecule has 0 radical (unpaired) electrons. The maximum Gasteiger partial charge on any atom is 0.290 e. The van der Waals surface area contributed by atoms with E-state index >= 15 is 0 Å². The summed E-state index contributed by atoms with van der Waals surface area (Å²) >= 11 is 0. The number of nitrogens with zero attached hydrogens (tertiary/aromatic N) is 1. The van der Waals surface area contributed by atoms with Crippen LogP contribution in [-0.2, 0) is 17.8 Å². The Morgan fingerprint density at radius 3 is 2.68 bits per heavy atom. The molecule has 3 heterocycles.